The van der Waals surface area contributed by atoms with Crippen molar-refractivity contribution in [1.29, 1.82) is 0 Å². The fraction of sp³-hybridized carbons (Fsp3) is 0.579. The maximum Gasteiger partial charge on any atom is 0.162 e. The van der Waals surface area contributed by atoms with Gasteiger partial charge in [-0.05, 0) is 32.8 Å². The topological polar surface area (TPSA) is 114 Å². The highest BCUT2D eigenvalue weighted by Crippen LogP contribution is 2.36. The van der Waals surface area contributed by atoms with Crippen LogP contribution in [0.2, 0.25) is 0 Å². The van der Waals surface area contributed by atoms with Crippen LogP contribution in [0, 0.1) is 6.92 Å². The zero-order valence-electron chi connectivity index (χ0n) is 16.2. The minimum atomic E-state index is -1.15. The lowest BCUT2D eigenvalue weighted by atomic mass is 10.0. The Labute approximate surface area is 163 Å². The van der Waals surface area contributed by atoms with E-state index in [0.717, 1.165) is 60.6 Å². The van der Waals surface area contributed by atoms with Crippen LogP contribution in [-0.2, 0) is 16.1 Å². The predicted octanol–water partition coefficient (Wildman–Crippen LogP) is 0.950. The molecule has 2 aliphatic rings. The minimum Gasteiger partial charge on any atom is -0.393 e. The highest BCUT2D eigenvalue weighted by Gasteiger charge is 2.35. The molecule has 2 aliphatic heterocycles. The number of nitrogens with one attached hydrogen (secondary N) is 2. The average Bonchev–Trinajstić information content (AvgIpc) is 3.31. The van der Waals surface area contributed by atoms with Crippen molar-refractivity contribution < 1.29 is 19.8 Å². The van der Waals surface area contributed by atoms with Crippen molar-refractivity contribution in [2.45, 2.75) is 44.9 Å². The third-order valence-corrected chi connectivity index (χ3v) is 5.40. The van der Waals surface area contributed by atoms with Gasteiger partial charge in [0.05, 0.1) is 35.7 Å². The van der Waals surface area contributed by atoms with Crippen LogP contribution in [0.3, 0.4) is 0 Å². The Hall–Kier alpha value is -2.20. The molecule has 1 fully saturated rings. The first-order valence-corrected chi connectivity index (χ1v) is 9.70. The van der Waals surface area contributed by atoms with Gasteiger partial charge in [0.2, 0.25) is 0 Å². The van der Waals surface area contributed by atoms with Crippen LogP contribution in [0.1, 0.15) is 31.0 Å². The van der Waals surface area contributed by atoms with E-state index in [1.807, 2.05) is 18.5 Å². The summed E-state index contributed by atoms with van der Waals surface area (Å²) in [7, 11) is 0. The molecule has 4 N–H and O–H groups in total. The number of anilines is 1. The Balaban J connectivity index is 1.83. The molecular weight excluding hydrogens is 362 g/mol. The van der Waals surface area contributed by atoms with E-state index >= 15 is 0 Å². The summed E-state index contributed by atoms with van der Waals surface area (Å²) in [4.78, 5) is 10.1. The van der Waals surface area contributed by atoms with Crippen molar-refractivity contribution in [2.75, 3.05) is 31.7 Å². The number of aliphatic hydroxyl groups excluding tert-OH is 2. The summed E-state index contributed by atoms with van der Waals surface area (Å²) in [5.41, 5.74) is 5.85. The zero-order chi connectivity index (χ0) is 19.7. The summed E-state index contributed by atoms with van der Waals surface area (Å²) in [6, 6.07) is 0.283. The first-order valence-electron chi connectivity index (χ1n) is 9.70. The van der Waals surface area contributed by atoms with Crippen LogP contribution in [0.25, 0.3) is 16.7 Å². The van der Waals surface area contributed by atoms with Crippen LogP contribution in [-0.4, -0.2) is 63.0 Å². The number of hydrogen-bond donors (Lipinski definition) is 4. The molecule has 28 heavy (non-hydrogen) atoms. The Morgan fingerprint density at radius 2 is 2.07 bits per heavy atom. The molecule has 2 aromatic heterocycles. The number of rotatable bonds is 6. The Morgan fingerprint density at radius 3 is 2.71 bits per heavy atom. The molecule has 0 radical (unpaired) electrons. The summed E-state index contributed by atoms with van der Waals surface area (Å²) in [5.74, 6) is 0. The van der Waals surface area contributed by atoms with Crippen LogP contribution >= 0.6 is 0 Å². The van der Waals surface area contributed by atoms with E-state index in [9.17, 15) is 10.2 Å². The molecular formula is C19H27N5O4. The first-order chi connectivity index (χ1) is 13.6. The van der Waals surface area contributed by atoms with E-state index in [4.69, 9.17) is 9.57 Å². The molecule has 1 saturated heterocycles. The number of pyridine rings is 1. The summed E-state index contributed by atoms with van der Waals surface area (Å²) < 4.78 is 7.38. The molecule has 4 rings (SSSR count). The van der Waals surface area contributed by atoms with Crippen molar-refractivity contribution in [3.8, 4) is 0 Å². The van der Waals surface area contributed by atoms with E-state index in [0.29, 0.717) is 5.70 Å². The fourth-order valence-electron chi connectivity index (χ4n) is 3.76. The summed E-state index contributed by atoms with van der Waals surface area (Å²) >= 11 is 0. The zero-order valence-corrected chi connectivity index (χ0v) is 16.2. The molecule has 0 spiro atoms. The molecule has 0 aliphatic carbocycles. The summed E-state index contributed by atoms with van der Waals surface area (Å²) in [6.45, 7) is 5.56. The van der Waals surface area contributed by atoms with Gasteiger partial charge in [0, 0.05) is 37.6 Å². The van der Waals surface area contributed by atoms with Gasteiger partial charge < -0.3 is 20.3 Å². The number of aryl methyl sites for hydroxylation is 2. The smallest absolute Gasteiger partial charge is 0.162 e. The van der Waals surface area contributed by atoms with E-state index in [1.54, 1.807) is 12.3 Å². The van der Waals surface area contributed by atoms with Crippen molar-refractivity contribution in [3.05, 3.63) is 23.5 Å². The van der Waals surface area contributed by atoms with Gasteiger partial charge in [-0.25, -0.2) is 9.67 Å². The number of ether oxygens (including phenoxy) is 1. The van der Waals surface area contributed by atoms with E-state index in [-0.39, 0.29) is 19.3 Å². The number of aliphatic hydroxyl groups is 2. The van der Waals surface area contributed by atoms with E-state index in [1.165, 1.54) is 0 Å². The lowest BCUT2D eigenvalue weighted by Crippen LogP contribution is -2.37. The molecule has 2 aromatic rings. The van der Waals surface area contributed by atoms with E-state index < -0.39 is 5.60 Å². The Kier molecular flexibility index (Phi) is 5.24. The van der Waals surface area contributed by atoms with Crippen molar-refractivity contribution in [1.82, 2.24) is 20.2 Å². The predicted molar refractivity (Wildman–Crippen MR) is 105 cm³/mol. The second kappa shape index (κ2) is 7.67. The second-order valence-electron chi connectivity index (χ2n) is 7.32. The highest BCUT2D eigenvalue weighted by molar-refractivity contribution is 5.97. The molecule has 0 amide bonds. The van der Waals surface area contributed by atoms with Crippen LogP contribution in [0.4, 0.5) is 5.69 Å². The third-order valence-electron chi connectivity index (χ3n) is 5.40. The number of fused-ring (bicyclic) bond motifs is 1. The molecule has 0 bridgehead atoms. The van der Waals surface area contributed by atoms with Gasteiger partial charge in [-0.15, -0.1) is 0 Å². The minimum absolute atomic E-state index is 0.283. The second-order valence-corrected chi connectivity index (χ2v) is 7.32. The molecule has 0 unspecified atom stereocenters. The number of aromatic nitrogens is 3. The SMILES string of the molecule is CCn1nc(C)c2c(NC3CCOCC3)c(C3=CC(CO)(CO)ON3)cnc21. The van der Waals surface area contributed by atoms with Crippen LogP contribution in [0.5, 0.6) is 0 Å². The van der Waals surface area contributed by atoms with Gasteiger partial charge in [0.25, 0.3) is 0 Å². The average molecular weight is 389 g/mol. The molecule has 152 valence electrons. The number of hydroxylamine groups is 1. The van der Waals surface area contributed by atoms with Gasteiger partial charge in [0.1, 0.15) is 0 Å². The lowest BCUT2D eigenvalue weighted by Gasteiger charge is -2.26. The standard InChI is InChI=1S/C19H27N5O4/c1-3-24-18-16(12(2)22-24)17(21-13-4-6-27-7-5-13)14(9-20-18)15-8-19(10-25,11-26)28-23-15/h8-9,13,23,25-26H,3-7,10-11H2,1-2H3,(H,20,21). The molecule has 4 heterocycles. The maximum atomic E-state index is 9.63. The molecule has 9 nitrogen and oxygen atoms in total. The fourth-order valence-corrected chi connectivity index (χ4v) is 3.76. The highest BCUT2D eigenvalue weighted by atomic mass is 16.7. The molecule has 0 saturated carbocycles. The summed E-state index contributed by atoms with van der Waals surface area (Å²) in [6.07, 6.45) is 5.34. The quantitative estimate of drug-likeness (QED) is 0.578. The Bertz CT molecular complexity index is 884. The van der Waals surface area contributed by atoms with Gasteiger partial charge >= 0.3 is 0 Å². The van der Waals surface area contributed by atoms with Crippen molar-refractivity contribution in [3.63, 3.8) is 0 Å². The van der Waals surface area contributed by atoms with Gasteiger partial charge in [0.15, 0.2) is 11.2 Å². The monoisotopic (exact) mass is 389 g/mol. The van der Waals surface area contributed by atoms with Crippen LogP contribution < -0.4 is 10.8 Å². The van der Waals surface area contributed by atoms with Crippen molar-refractivity contribution in [2.24, 2.45) is 0 Å². The number of nitrogens with zero attached hydrogens (tertiary/aromatic N) is 3. The van der Waals surface area contributed by atoms with Crippen LogP contribution in [0.15, 0.2) is 12.3 Å². The molecule has 9 heteroatoms. The lowest BCUT2D eigenvalue weighted by molar-refractivity contribution is -0.0922. The molecule has 0 atom stereocenters. The number of hydrogen-bond acceptors (Lipinski definition) is 8. The van der Waals surface area contributed by atoms with Crippen molar-refractivity contribution >= 4 is 22.4 Å². The largest absolute Gasteiger partial charge is 0.393 e. The Morgan fingerprint density at radius 1 is 1.32 bits per heavy atom. The van der Waals surface area contributed by atoms with E-state index in [2.05, 4.69) is 20.9 Å². The first kappa shape index (κ1) is 19.1. The third kappa shape index (κ3) is 3.24. The van der Waals surface area contributed by atoms with Gasteiger partial charge in [-0.1, -0.05) is 0 Å². The van der Waals surface area contributed by atoms with Gasteiger partial charge in [-0.3, -0.25) is 10.3 Å². The maximum absolute atomic E-state index is 9.63. The summed E-state index contributed by atoms with van der Waals surface area (Å²) in [5, 5.41) is 28.5. The molecule has 0 aromatic carbocycles. The normalized spacial score (nSPS) is 19.6. The van der Waals surface area contributed by atoms with Gasteiger partial charge in [-0.2, -0.15) is 5.10 Å².